The standard InChI is InChI=1S/C16H19F4NO3/c1-24-15(23)11-2-3-12(13(17)8-11)9-21-6-4-10(5-7-21)14(22)16(18,19)20/h2-3,8,10,14,22H,4-7,9H2,1H3. The molecule has 134 valence electrons. The highest BCUT2D eigenvalue weighted by Crippen LogP contribution is 2.32. The smallest absolute Gasteiger partial charge is 0.414 e. The molecule has 24 heavy (non-hydrogen) atoms. The first kappa shape index (κ1) is 18.7. The summed E-state index contributed by atoms with van der Waals surface area (Å²) in [7, 11) is 1.20. The van der Waals surface area contributed by atoms with E-state index in [1.165, 1.54) is 19.2 Å². The number of aliphatic hydroxyl groups excluding tert-OH is 1. The third kappa shape index (κ3) is 4.45. The normalized spacial score (nSPS) is 18.4. The van der Waals surface area contributed by atoms with Crippen LogP contribution in [0.1, 0.15) is 28.8 Å². The molecule has 0 bridgehead atoms. The Morgan fingerprint density at radius 2 is 2.00 bits per heavy atom. The van der Waals surface area contributed by atoms with E-state index < -0.39 is 30.0 Å². The van der Waals surface area contributed by atoms with Crippen molar-refractivity contribution in [1.29, 1.82) is 0 Å². The Morgan fingerprint density at radius 1 is 1.38 bits per heavy atom. The molecule has 1 N–H and O–H groups in total. The van der Waals surface area contributed by atoms with Crippen LogP contribution in [0, 0.1) is 11.7 Å². The van der Waals surface area contributed by atoms with Crippen molar-refractivity contribution >= 4 is 5.97 Å². The minimum Gasteiger partial charge on any atom is -0.465 e. The number of alkyl halides is 3. The highest BCUT2D eigenvalue weighted by atomic mass is 19.4. The lowest BCUT2D eigenvalue weighted by Crippen LogP contribution is -2.43. The van der Waals surface area contributed by atoms with E-state index in [-0.39, 0.29) is 24.9 Å². The van der Waals surface area contributed by atoms with Gasteiger partial charge in [0.15, 0.2) is 6.10 Å². The number of piperidine rings is 1. The number of hydrogen-bond donors (Lipinski definition) is 1. The Kier molecular flexibility index (Phi) is 5.82. The van der Waals surface area contributed by atoms with Crippen LogP contribution in [0.2, 0.25) is 0 Å². The molecule has 0 aliphatic carbocycles. The van der Waals surface area contributed by atoms with Crippen molar-refractivity contribution in [3.05, 3.63) is 35.1 Å². The van der Waals surface area contributed by atoms with Crippen LogP contribution >= 0.6 is 0 Å². The fraction of sp³-hybridized carbons (Fsp3) is 0.562. The molecule has 1 aliphatic rings. The van der Waals surface area contributed by atoms with Crippen LogP contribution in [0.25, 0.3) is 0 Å². The molecule has 1 aromatic carbocycles. The van der Waals surface area contributed by atoms with E-state index in [4.69, 9.17) is 0 Å². The van der Waals surface area contributed by atoms with Gasteiger partial charge in [-0.25, -0.2) is 9.18 Å². The van der Waals surface area contributed by atoms with E-state index in [0.717, 1.165) is 6.07 Å². The molecule has 0 radical (unpaired) electrons. The van der Waals surface area contributed by atoms with Gasteiger partial charge in [-0.1, -0.05) is 6.07 Å². The Labute approximate surface area is 137 Å². The van der Waals surface area contributed by atoms with Crippen LogP contribution in [0.15, 0.2) is 18.2 Å². The summed E-state index contributed by atoms with van der Waals surface area (Å²) in [4.78, 5) is 13.2. The van der Waals surface area contributed by atoms with Gasteiger partial charge in [0.25, 0.3) is 0 Å². The number of rotatable bonds is 4. The largest absolute Gasteiger partial charge is 0.465 e. The Hall–Kier alpha value is -1.67. The first-order valence-corrected chi connectivity index (χ1v) is 7.56. The molecule has 0 spiro atoms. The number of aliphatic hydroxyl groups is 1. The number of carbonyl (C=O) groups excluding carboxylic acids is 1. The van der Waals surface area contributed by atoms with Crippen molar-refractivity contribution in [2.24, 2.45) is 5.92 Å². The van der Waals surface area contributed by atoms with Gasteiger partial charge in [-0.3, -0.25) is 4.90 Å². The first-order chi connectivity index (χ1) is 11.2. The fourth-order valence-electron chi connectivity index (χ4n) is 2.86. The second-order valence-electron chi connectivity index (χ2n) is 5.90. The predicted octanol–water partition coefficient (Wildman–Crippen LogP) is 2.75. The van der Waals surface area contributed by atoms with Gasteiger partial charge in [0.1, 0.15) is 5.82 Å². The zero-order valence-electron chi connectivity index (χ0n) is 13.1. The number of nitrogens with zero attached hydrogens (tertiary/aromatic N) is 1. The Bertz CT molecular complexity index is 583. The third-order valence-electron chi connectivity index (χ3n) is 4.28. The van der Waals surface area contributed by atoms with Gasteiger partial charge in [-0.15, -0.1) is 0 Å². The summed E-state index contributed by atoms with van der Waals surface area (Å²) in [5, 5.41) is 9.29. The minimum atomic E-state index is -4.61. The van der Waals surface area contributed by atoms with Crippen molar-refractivity contribution in [2.75, 3.05) is 20.2 Å². The van der Waals surface area contributed by atoms with E-state index in [1.54, 1.807) is 0 Å². The van der Waals surface area contributed by atoms with Gasteiger partial charge in [0, 0.05) is 12.1 Å². The number of likely N-dealkylation sites (tertiary alicyclic amines) is 1. The molecule has 2 rings (SSSR count). The molecule has 8 heteroatoms. The van der Waals surface area contributed by atoms with Gasteiger partial charge < -0.3 is 9.84 Å². The maximum absolute atomic E-state index is 14.0. The number of ether oxygens (including phenoxy) is 1. The molecule has 0 amide bonds. The number of hydrogen-bond acceptors (Lipinski definition) is 4. The number of carbonyl (C=O) groups is 1. The highest BCUT2D eigenvalue weighted by molar-refractivity contribution is 5.89. The summed E-state index contributed by atoms with van der Waals surface area (Å²) in [6.45, 7) is 0.925. The minimum absolute atomic E-state index is 0.103. The molecule has 1 aromatic rings. The van der Waals surface area contributed by atoms with Crippen LogP contribution < -0.4 is 0 Å². The fourth-order valence-corrected chi connectivity index (χ4v) is 2.86. The van der Waals surface area contributed by atoms with Crippen LogP contribution in [0.5, 0.6) is 0 Å². The van der Waals surface area contributed by atoms with Crippen molar-refractivity contribution in [1.82, 2.24) is 4.90 Å². The monoisotopic (exact) mass is 349 g/mol. The topological polar surface area (TPSA) is 49.8 Å². The molecule has 4 nitrogen and oxygen atoms in total. The van der Waals surface area contributed by atoms with E-state index in [1.807, 2.05) is 4.90 Å². The number of esters is 1. The number of halogens is 4. The second kappa shape index (κ2) is 7.48. The van der Waals surface area contributed by atoms with E-state index in [9.17, 15) is 27.5 Å². The summed E-state index contributed by atoms with van der Waals surface area (Å²) >= 11 is 0. The van der Waals surface area contributed by atoms with Crippen molar-refractivity contribution < 1.29 is 32.2 Å². The van der Waals surface area contributed by atoms with Crippen molar-refractivity contribution in [3.8, 4) is 0 Å². The number of benzene rings is 1. The SMILES string of the molecule is COC(=O)c1ccc(CN2CCC(C(O)C(F)(F)F)CC2)c(F)c1. The molecule has 1 fully saturated rings. The zero-order valence-corrected chi connectivity index (χ0v) is 13.1. The van der Waals surface area contributed by atoms with Gasteiger partial charge in [0.2, 0.25) is 0 Å². The molecule has 1 heterocycles. The lowest BCUT2D eigenvalue weighted by Gasteiger charge is -2.34. The predicted molar refractivity (Wildman–Crippen MR) is 77.8 cm³/mol. The van der Waals surface area contributed by atoms with Gasteiger partial charge in [-0.2, -0.15) is 13.2 Å². The number of methoxy groups -OCH3 is 1. The third-order valence-corrected chi connectivity index (χ3v) is 4.28. The quantitative estimate of drug-likeness (QED) is 0.671. The molecular formula is C16H19F4NO3. The van der Waals surface area contributed by atoms with Crippen LogP contribution in [-0.2, 0) is 11.3 Å². The average Bonchev–Trinajstić information content (AvgIpc) is 2.55. The average molecular weight is 349 g/mol. The summed E-state index contributed by atoms with van der Waals surface area (Å²) in [6.07, 6.45) is -6.52. The molecule has 1 aliphatic heterocycles. The molecule has 1 unspecified atom stereocenters. The summed E-state index contributed by atoms with van der Waals surface area (Å²) in [6, 6.07) is 4.00. The molecular weight excluding hydrogens is 330 g/mol. The van der Waals surface area contributed by atoms with E-state index >= 15 is 0 Å². The molecule has 0 saturated carbocycles. The lowest BCUT2D eigenvalue weighted by atomic mass is 9.90. The van der Waals surface area contributed by atoms with Gasteiger partial charge in [0.05, 0.1) is 12.7 Å². The van der Waals surface area contributed by atoms with Crippen LogP contribution in [-0.4, -0.2) is 48.5 Å². The molecule has 0 aromatic heterocycles. The molecule has 1 saturated heterocycles. The van der Waals surface area contributed by atoms with Crippen molar-refractivity contribution in [2.45, 2.75) is 31.7 Å². The summed E-state index contributed by atoms with van der Waals surface area (Å²) in [5.74, 6) is -2.02. The Balaban J connectivity index is 1.93. The molecule has 1 atom stereocenters. The lowest BCUT2D eigenvalue weighted by molar-refractivity contribution is -0.223. The summed E-state index contributed by atoms with van der Waals surface area (Å²) < 4.78 is 56.1. The summed E-state index contributed by atoms with van der Waals surface area (Å²) in [5.41, 5.74) is 0.461. The van der Waals surface area contributed by atoms with E-state index in [0.29, 0.717) is 18.7 Å². The van der Waals surface area contributed by atoms with E-state index in [2.05, 4.69) is 4.74 Å². The highest BCUT2D eigenvalue weighted by Gasteiger charge is 2.44. The Morgan fingerprint density at radius 3 is 2.50 bits per heavy atom. The van der Waals surface area contributed by atoms with Gasteiger partial charge in [-0.05, 0) is 44.0 Å². The second-order valence-corrected chi connectivity index (χ2v) is 5.90. The maximum atomic E-state index is 14.0. The maximum Gasteiger partial charge on any atom is 0.414 e. The van der Waals surface area contributed by atoms with Gasteiger partial charge >= 0.3 is 12.1 Å². The van der Waals surface area contributed by atoms with Crippen molar-refractivity contribution in [3.63, 3.8) is 0 Å². The van der Waals surface area contributed by atoms with Crippen LogP contribution in [0.4, 0.5) is 17.6 Å². The first-order valence-electron chi connectivity index (χ1n) is 7.56. The van der Waals surface area contributed by atoms with Crippen LogP contribution in [0.3, 0.4) is 0 Å². The zero-order chi connectivity index (χ0) is 17.9.